The van der Waals surface area contributed by atoms with Gasteiger partial charge in [0, 0.05) is 44.8 Å². The van der Waals surface area contributed by atoms with Crippen LogP contribution in [0, 0.1) is 5.82 Å². The summed E-state index contributed by atoms with van der Waals surface area (Å²) in [7, 11) is -6.50. The predicted octanol–water partition coefficient (Wildman–Crippen LogP) is 1.18. The van der Waals surface area contributed by atoms with Gasteiger partial charge in [-0.1, -0.05) is 36.4 Å². The second kappa shape index (κ2) is 12.3. The first-order valence-corrected chi connectivity index (χ1v) is 16.7. The number of fused-ring (bicyclic) bond motifs is 1. The minimum absolute atomic E-state index is 0.154. The van der Waals surface area contributed by atoms with Crippen molar-refractivity contribution >= 4 is 31.7 Å². The summed E-state index contributed by atoms with van der Waals surface area (Å²) in [6.45, 7) is -1.34. The van der Waals surface area contributed by atoms with Crippen molar-refractivity contribution in [1.82, 2.24) is 19.8 Å². The molecule has 0 radical (unpaired) electrons. The van der Waals surface area contributed by atoms with Gasteiger partial charge in [-0.05, 0) is 11.6 Å². The smallest absolute Gasteiger partial charge is 0.414 e. The standard InChI is InChI=1S/C27H29FN4O10S2/c1-31(2)26(35)42-20-14-19(28)11-10-18(20)15-29-23(33)21-22(40-16-17-8-6-5-7-9-17)24(34)32-12-13-41-27(25(32)30-21,43(3,36)37)44(4,38)39/h5-11,14H,12-13,15-16H2,1-4H3,(H,29,33). The molecule has 0 saturated carbocycles. The summed E-state index contributed by atoms with van der Waals surface area (Å²) in [5, 5.41) is 2.46. The van der Waals surface area contributed by atoms with Crippen molar-refractivity contribution < 1.29 is 45.0 Å². The number of benzene rings is 2. The van der Waals surface area contributed by atoms with E-state index in [0.717, 1.165) is 21.6 Å². The van der Waals surface area contributed by atoms with Gasteiger partial charge in [0.15, 0.2) is 31.2 Å². The monoisotopic (exact) mass is 652 g/mol. The molecule has 4 rings (SSSR count). The van der Waals surface area contributed by atoms with E-state index in [0.29, 0.717) is 18.1 Å². The van der Waals surface area contributed by atoms with Crippen molar-refractivity contribution in [2.45, 2.75) is 24.0 Å². The number of aromatic nitrogens is 2. The average molecular weight is 653 g/mol. The van der Waals surface area contributed by atoms with Gasteiger partial charge in [-0.15, -0.1) is 0 Å². The van der Waals surface area contributed by atoms with Crippen LogP contribution in [0.15, 0.2) is 53.3 Å². The van der Waals surface area contributed by atoms with E-state index in [9.17, 15) is 35.6 Å². The Morgan fingerprint density at radius 1 is 1.09 bits per heavy atom. The lowest BCUT2D eigenvalue weighted by molar-refractivity contribution is 0.0329. The molecule has 0 bridgehead atoms. The second-order valence-corrected chi connectivity index (χ2v) is 14.5. The van der Waals surface area contributed by atoms with E-state index >= 15 is 0 Å². The lowest BCUT2D eigenvalue weighted by Gasteiger charge is -2.35. The Bertz CT molecular complexity index is 1850. The van der Waals surface area contributed by atoms with Crippen LogP contribution < -0.4 is 20.3 Å². The Hall–Kier alpha value is -4.35. The molecule has 1 aromatic heterocycles. The largest absolute Gasteiger partial charge is 0.481 e. The first-order chi connectivity index (χ1) is 20.6. The van der Waals surface area contributed by atoms with Gasteiger partial charge in [-0.2, -0.15) is 0 Å². The average Bonchev–Trinajstić information content (AvgIpc) is 2.95. The molecule has 2 heterocycles. The van der Waals surface area contributed by atoms with E-state index in [-0.39, 0.29) is 31.0 Å². The van der Waals surface area contributed by atoms with E-state index in [1.807, 2.05) is 0 Å². The number of rotatable bonds is 9. The molecule has 0 atom stereocenters. The van der Waals surface area contributed by atoms with Gasteiger partial charge in [0.2, 0.25) is 5.75 Å². The fraction of sp³-hybridized carbons (Fsp3) is 0.333. The minimum Gasteiger partial charge on any atom is -0.481 e. The van der Waals surface area contributed by atoms with Crippen LogP contribution in [0.1, 0.15) is 27.4 Å². The lowest BCUT2D eigenvalue weighted by Crippen LogP contribution is -2.53. The number of nitrogens with zero attached hydrogens (tertiary/aromatic N) is 3. The first kappa shape index (κ1) is 32.6. The number of carbonyl (C=O) groups excluding carboxylic acids is 2. The third-order valence-electron chi connectivity index (χ3n) is 6.46. The van der Waals surface area contributed by atoms with E-state index in [1.54, 1.807) is 30.3 Å². The molecule has 3 aromatic rings. The fourth-order valence-corrected chi connectivity index (χ4v) is 8.13. The highest BCUT2D eigenvalue weighted by Gasteiger charge is 2.59. The molecular weight excluding hydrogens is 623 g/mol. The van der Waals surface area contributed by atoms with Crippen LogP contribution in [0.3, 0.4) is 0 Å². The highest BCUT2D eigenvalue weighted by atomic mass is 32.3. The van der Waals surface area contributed by atoms with Crippen molar-refractivity contribution in [3.05, 3.63) is 87.3 Å². The maximum absolute atomic E-state index is 13.9. The van der Waals surface area contributed by atoms with E-state index in [4.69, 9.17) is 14.2 Å². The zero-order valence-corrected chi connectivity index (χ0v) is 25.7. The lowest BCUT2D eigenvalue weighted by atomic mass is 10.2. The summed E-state index contributed by atoms with van der Waals surface area (Å²) in [6, 6.07) is 11.8. The number of hydrogen-bond donors (Lipinski definition) is 1. The molecular formula is C27H29FN4O10S2. The van der Waals surface area contributed by atoms with Crippen molar-refractivity contribution in [2.24, 2.45) is 0 Å². The van der Waals surface area contributed by atoms with Gasteiger partial charge >= 0.3 is 10.4 Å². The number of ether oxygens (including phenoxy) is 3. The van der Waals surface area contributed by atoms with Crippen LogP contribution in [0.2, 0.25) is 0 Å². The quantitative estimate of drug-likeness (QED) is 0.351. The normalized spacial score (nSPS) is 14.3. The molecule has 2 aromatic carbocycles. The molecule has 44 heavy (non-hydrogen) atoms. The summed E-state index contributed by atoms with van der Waals surface area (Å²) in [5.74, 6) is -3.42. The van der Waals surface area contributed by atoms with Gasteiger partial charge in [-0.3, -0.25) is 14.2 Å². The molecule has 14 nitrogen and oxygen atoms in total. The Balaban J connectivity index is 1.82. The Labute approximate surface area is 252 Å². The topological polar surface area (TPSA) is 180 Å². The zero-order chi connectivity index (χ0) is 32.4. The van der Waals surface area contributed by atoms with Crippen LogP contribution in [0.5, 0.6) is 11.5 Å². The zero-order valence-electron chi connectivity index (χ0n) is 24.1. The second-order valence-electron chi connectivity index (χ2n) is 9.99. The third-order valence-corrected chi connectivity index (χ3v) is 10.8. The van der Waals surface area contributed by atoms with E-state index < -0.39 is 71.2 Å². The minimum atomic E-state index is -4.66. The number of nitrogens with one attached hydrogen (secondary N) is 1. The highest BCUT2D eigenvalue weighted by Crippen LogP contribution is 2.38. The van der Waals surface area contributed by atoms with Crippen LogP contribution in [0.25, 0.3) is 0 Å². The van der Waals surface area contributed by atoms with Crippen LogP contribution >= 0.6 is 0 Å². The number of carbonyl (C=O) groups is 2. The van der Waals surface area contributed by atoms with Crippen LogP contribution in [-0.2, 0) is 48.4 Å². The maximum Gasteiger partial charge on any atom is 0.414 e. The molecule has 0 fully saturated rings. The molecule has 0 spiro atoms. The van der Waals surface area contributed by atoms with Gasteiger partial charge in [0.05, 0.1) is 13.2 Å². The summed E-state index contributed by atoms with van der Waals surface area (Å²) >= 11 is 0. The van der Waals surface area contributed by atoms with Crippen molar-refractivity contribution in [1.29, 1.82) is 0 Å². The molecule has 2 amide bonds. The number of sulfone groups is 2. The maximum atomic E-state index is 13.9. The molecule has 17 heteroatoms. The molecule has 236 valence electrons. The van der Waals surface area contributed by atoms with Crippen molar-refractivity contribution in [2.75, 3.05) is 33.2 Å². The van der Waals surface area contributed by atoms with Gasteiger partial charge in [0.1, 0.15) is 18.2 Å². The van der Waals surface area contributed by atoms with E-state index in [2.05, 4.69) is 10.3 Å². The van der Waals surface area contributed by atoms with Crippen molar-refractivity contribution in [3.8, 4) is 11.5 Å². The molecule has 1 N–H and O–H groups in total. The first-order valence-electron chi connectivity index (χ1n) is 12.9. The Morgan fingerprint density at radius 2 is 1.75 bits per heavy atom. The molecule has 1 aliphatic heterocycles. The number of amides is 2. The Kier molecular flexibility index (Phi) is 9.13. The molecule has 0 aliphatic carbocycles. The van der Waals surface area contributed by atoms with Crippen molar-refractivity contribution in [3.63, 3.8) is 0 Å². The summed E-state index contributed by atoms with van der Waals surface area (Å²) < 4.78 is 79.7. The Morgan fingerprint density at radius 3 is 2.36 bits per heavy atom. The highest BCUT2D eigenvalue weighted by molar-refractivity contribution is 8.08. The molecule has 1 aliphatic rings. The number of halogens is 1. The summed E-state index contributed by atoms with van der Waals surface area (Å²) in [6.07, 6.45) is 0.406. The fourth-order valence-electron chi connectivity index (χ4n) is 4.36. The van der Waals surface area contributed by atoms with Gasteiger partial charge in [0.25, 0.3) is 11.5 Å². The van der Waals surface area contributed by atoms with Crippen LogP contribution in [-0.4, -0.2) is 76.5 Å². The van der Waals surface area contributed by atoms with E-state index in [1.165, 1.54) is 20.2 Å². The SMILES string of the molecule is CN(C)C(=O)Oc1cc(F)ccc1CNC(=O)c1nc2n(c(=O)c1OCc1ccccc1)CCOC2(S(C)(=O)=O)S(C)(=O)=O. The summed E-state index contributed by atoms with van der Waals surface area (Å²) in [4.78, 5) is 44.6. The van der Waals surface area contributed by atoms with Gasteiger partial charge in [-0.25, -0.2) is 31.0 Å². The third kappa shape index (κ3) is 6.29. The predicted molar refractivity (Wildman–Crippen MR) is 154 cm³/mol. The molecule has 0 saturated heterocycles. The summed E-state index contributed by atoms with van der Waals surface area (Å²) in [5.41, 5.74) is -0.974. The van der Waals surface area contributed by atoms with Crippen LogP contribution in [0.4, 0.5) is 9.18 Å². The van der Waals surface area contributed by atoms with Gasteiger partial charge < -0.3 is 24.4 Å². The molecule has 0 unspecified atom stereocenters. The number of hydrogen-bond acceptors (Lipinski definition) is 11.